The van der Waals surface area contributed by atoms with Gasteiger partial charge in [-0.15, -0.1) is 4.28 Å². The summed E-state index contributed by atoms with van der Waals surface area (Å²) in [6.07, 6.45) is 3.67. The summed E-state index contributed by atoms with van der Waals surface area (Å²) in [4.78, 5) is 38.4. The molecule has 0 unspecified atom stereocenters. The molecule has 12 nitrogen and oxygen atoms in total. The maximum absolute atomic E-state index is 12.8. The molecule has 0 radical (unpaired) electrons. The topological polar surface area (TPSA) is 155 Å². The molecule has 0 aromatic rings. The second-order valence-electron chi connectivity index (χ2n) is 10.4. The first kappa shape index (κ1) is 23.1. The molecular formula is C19H30N4O8S. The highest BCUT2D eigenvalue weighted by atomic mass is 32.3. The maximum atomic E-state index is 12.8. The molecule has 4 aliphatic rings. The lowest BCUT2D eigenvalue weighted by molar-refractivity contribution is -0.129. The van der Waals surface area contributed by atoms with E-state index >= 15 is 0 Å². The number of alkyl carbamates (subject to hydrolysis) is 1. The lowest BCUT2D eigenvalue weighted by Gasteiger charge is -2.57. The van der Waals surface area contributed by atoms with Crippen molar-refractivity contribution in [1.29, 1.82) is 0 Å². The van der Waals surface area contributed by atoms with Crippen molar-refractivity contribution >= 4 is 28.4 Å². The summed E-state index contributed by atoms with van der Waals surface area (Å²) < 4.78 is 40.5. The number of ether oxygens (including phenoxy) is 1. The third kappa shape index (κ3) is 4.79. The van der Waals surface area contributed by atoms with E-state index in [9.17, 15) is 22.8 Å². The fourth-order valence-electron chi connectivity index (χ4n) is 5.38. The van der Waals surface area contributed by atoms with Crippen LogP contribution in [0.5, 0.6) is 0 Å². The number of nitrogens with zero attached hydrogens (tertiary/aromatic N) is 2. The van der Waals surface area contributed by atoms with E-state index < -0.39 is 40.2 Å². The summed E-state index contributed by atoms with van der Waals surface area (Å²) in [5.41, 5.74) is -0.415. The molecule has 2 saturated carbocycles. The van der Waals surface area contributed by atoms with Crippen molar-refractivity contribution in [2.24, 2.45) is 5.41 Å². The number of nitrogens with one attached hydrogen (secondary N) is 2. The predicted molar refractivity (Wildman–Crippen MR) is 109 cm³/mol. The number of carbonyl (C=O) groups is 3. The zero-order chi connectivity index (χ0) is 23.5. The predicted octanol–water partition coefficient (Wildman–Crippen LogP) is 0.942. The average molecular weight is 475 g/mol. The summed E-state index contributed by atoms with van der Waals surface area (Å²) in [6, 6.07) is -1.89. The van der Waals surface area contributed by atoms with Gasteiger partial charge in [0.05, 0.1) is 6.04 Å². The van der Waals surface area contributed by atoms with Crippen LogP contribution in [-0.4, -0.2) is 77.3 Å². The van der Waals surface area contributed by atoms with Gasteiger partial charge >= 0.3 is 22.5 Å². The van der Waals surface area contributed by atoms with Gasteiger partial charge in [0.2, 0.25) is 5.91 Å². The van der Waals surface area contributed by atoms with Gasteiger partial charge < -0.3 is 20.3 Å². The van der Waals surface area contributed by atoms with E-state index in [1.165, 1.54) is 4.90 Å². The van der Waals surface area contributed by atoms with Crippen LogP contribution in [0.15, 0.2) is 0 Å². The summed E-state index contributed by atoms with van der Waals surface area (Å²) >= 11 is 0. The minimum atomic E-state index is -4.82. The molecule has 32 heavy (non-hydrogen) atoms. The molecule has 2 aliphatic carbocycles. The second-order valence-corrected chi connectivity index (χ2v) is 11.4. The zero-order valence-electron chi connectivity index (χ0n) is 18.4. The second kappa shape index (κ2) is 7.73. The highest BCUT2D eigenvalue weighted by Gasteiger charge is 2.55. The Morgan fingerprint density at radius 3 is 2.25 bits per heavy atom. The van der Waals surface area contributed by atoms with Gasteiger partial charge in [-0.2, -0.15) is 13.5 Å². The van der Waals surface area contributed by atoms with E-state index in [1.807, 2.05) is 20.8 Å². The molecular weight excluding hydrogens is 444 g/mol. The standard InChI is InChI=1S/C19H30N4O8S/c1-18(2,3)30-16(25)21-12-8-19(9-12)6-11(7-19)20-15(24)14-5-4-13-10-22(14)17(26)23(13)31-32(27,28)29/h11-14H,4-10H2,1-3H3,(H,20,24)(H,21,25)(H,27,28,29)/t11?,12?,13-,14+,19?/m1/s1. The van der Waals surface area contributed by atoms with E-state index in [0.717, 1.165) is 25.7 Å². The fourth-order valence-corrected chi connectivity index (χ4v) is 5.77. The molecule has 2 bridgehead atoms. The SMILES string of the molecule is CC(C)(C)OC(=O)NC1CC2(C1)CC(NC(=O)[C@@H]1CC[C@@H]3CN1C(=O)N3OS(=O)(=O)O)C2. The number of amides is 4. The highest BCUT2D eigenvalue weighted by Crippen LogP contribution is 2.56. The van der Waals surface area contributed by atoms with Gasteiger partial charge in [0, 0.05) is 18.6 Å². The maximum Gasteiger partial charge on any atom is 0.418 e. The number of hydroxylamine groups is 2. The van der Waals surface area contributed by atoms with Crippen LogP contribution in [0.25, 0.3) is 0 Å². The quantitative estimate of drug-likeness (QED) is 0.497. The Labute approximate surface area is 186 Å². The van der Waals surface area contributed by atoms with E-state index in [4.69, 9.17) is 9.29 Å². The van der Waals surface area contributed by atoms with E-state index in [2.05, 4.69) is 14.9 Å². The zero-order valence-corrected chi connectivity index (χ0v) is 19.2. The summed E-state index contributed by atoms with van der Waals surface area (Å²) in [5.74, 6) is -0.270. The normalized spacial score (nSPS) is 34.1. The van der Waals surface area contributed by atoms with Gasteiger partial charge in [-0.3, -0.25) is 9.35 Å². The lowest BCUT2D eigenvalue weighted by Crippen LogP contribution is -2.63. The number of urea groups is 1. The smallest absolute Gasteiger partial charge is 0.418 e. The van der Waals surface area contributed by atoms with Crippen molar-refractivity contribution in [2.75, 3.05) is 6.54 Å². The van der Waals surface area contributed by atoms with Crippen LogP contribution in [0.2, 0.25) is 0 Å². The molecule has 180 valence electrons. The summed E-state index contributed by atoms with van der Waals surface area (Å²) in [6.45, 7) is 5.61. The number of rotatable bonds is 5. The number of hydrogen-bond acceptors (Lipinski definition) is 7. The van der Waals surface area contributed by atoms with Crippen molar-refractivity contribution < 1.29 is 36.4 Å². The number of hydrogen-bond donors (Lipinski definition) is 3. The van der Waals surface area contributed by atoms with Gasteiger partial charge in [0.15, 0.2) is 0 Å². The van der Waals surface area contributed by atoms with Crippen molar-refractivity contribution in [3.05, 3.63) is 0 Å². The molecule has 3 N–H and O–H groups in total. The van der Waals surface area contributed by atoms with Crippen LogP contribution in [0.4, 0.5) is 9.59 Å². The minimum Gasteiger partial charge on any atom is -0.444 e. The highest BCUT2D eigenvalue weighted by molar-refractivity contribution is 7.80. The first-order valence-corrected chi connectivity index (χ1v) is 12.2. The Balaban J connectivity index is 1.22. The van der Waals surface area contributed by atoms with Crippen LogP contribution in [0.1, 0.15) is 59.3 Å². The largest absolute Gasteiger partial charge is 0.444 e. The number of fused-ring (bicyclic) bond motifs is 2. The molecule has 0 aromatic carbocycles. The third-order valence-corrected chi connectivity index (χ3v) is 6.93. The molecule has 2 atom stereocenters. The van der Waals surface area contributed by atoms with Crippen LogP contribution in [0.3, 0.4) is 0 Å². The van der Waals surface area contributed by atoms with Crippen molar-refractivity contribution in [1.82, 2.24) is 20.6 Å². The molecule has 4 fully saturated rings. The van der Waals surface area contributed by atoms with Gasteiger partial charge in [-0.25, -0.2) is 9.59 Å². The van der Waals surface area contributed by atoms with Crippen molar-refractivity contribution in [2.45, 2.75) is 89.1 Å². The van der Waals surface area contributed by atoms with E-state index in [-0.39, 0.29) is 30.0 Å². The molecule has 4 rings (SSSR count). The monoisotopic (exact) mass is 474 g/mol. The first-order valence-electron chi connectivity index (χ1n) is 10.8. The molecule has 2 heterocycles. The molecule has 2 saturated heterocycles. The molecule has 1 spiro atoms. The minimum absolute atomic E-state index is 0.00516. The van der Waals surface area contributed by atoms with Crippen LogP contribution in [-0.2, 0) is 24.2 Å². The summed E-state index contributed by atoms with van der Waals surface area (Å²) in [7, 11) is -4.82. The number of piperidine rings is 1. The van der Waals surface area contributed by atoms with Crippen LogP contribution in [0, 0.1) is 5.41 Å². The van der Waals surface area contributed by atoms with Gasteiger partial charge in [0.25, 0.3) is 0 Å². The molecule has 2 aliphatic heterocycles. The van der Waals surface area contributed by atoms with Gasteiger partial charge in [-0.1, -0.05) is 0 Å². The van der Waals surface area contributed by atoms with Crippen molar-refractivity contribution in [3.8, 4) is 0 Å². The van der Waals surface area contributed by atoms with Crippen LogP contribution >= 0.6 is 0 Å². The average Bonchev–Trinajstić information content (AvgIpc) is 2.80. The Kier molecular flexibility index (Phi) is 5.57. The Hall–Kier alpha value is -2.12. The van der Waals surface area contributed by atoms with E-state index in [1.54, 1.807) is 0 Å². The van der Waals surface area contributed by atoms with Gasteiger partial charge in [-0.05, 0) is 64.7 Å². The molecule has 0 aromatic heterocycles. The molecule has 13 heteroatoms. The molecule has 4 amide bonds. The lowest BCUT2D eigenvalue weighted by atomic mass is 9.52. The summed E-state index contributed by atoms with van der Waals surface area (Å²) in [5, 5.41) is 6.50. The Morgan fingerprint density at radius 1 is 1.09 bits per heavy atom. The fraction of sp³-hybridized carbons (Fsp3) is 0.842. The Bertz CT molecular complexity index is 903. The first-order chi connectivity index (χ1) is 14.7. The van der Waals surface area contributed by atoms with E-state index in [0.29, 0.717) is 17.9 Å². The number of carbonyl (C=O) groups excluding carboxylic acids is 3. The third-order valence-electron chi connectivity index (χ3n) is 6.58. The van der Waals surface area contributed by atoms with Crippen molar-refractivity contribution in [3.63, 3.8) is 0 Å². The van der Waals surface area contributed by atoms with Gasteiger partial charge in [0.1, 0.15) is 11.6 Å². The van der Waals surface area contributed by atoms with Crippen LogP contribution < -0.4 is 10.6 Å². The Morgan fingerprint density at radius 2 is 1.69 bits per heavy atom.